The summed E-state index contributed by atoms with van der Waals surface area (Å²) < 4.78 is 0. The van der Waals surface area contributed by atoms with Crippen molar-refractivity contribution < 1.29 is 4.79 Å². The minimum atomic E-state index is 0.177. The van der Waals surface area contributed by atoms with Crippen molar-refractivity contribution in [2.45, 2.75) is 31.6 Å². The Morgan fingerprint density at radius 1 is 1.29 bits per heavy atom. The van der Waals surface area contributed by atoms with Crippen LogP contribution in [0.4, 0.5) is 0 Å². The number of aryl methyl sites for hydroxylation is 1. The maximum atomic E-state index is 11.7. The number of hydrogen-bond donors (Lipinski definition) is 0. The summed E-state index contributed by atoms with van der Waals surface area (Å²) in [7, 11) is 3.60. The second kappa shape index (κ2) is 6.94. The van der Waals surface area contributed by atoms with Gasteiger partial charge in [-0.1, -0.05) is 25.1 Å². The predicted octanol–water partition coefficient (Wildman–Crippen LogP) is 3.68. The van der Waals surface area contributed by atoms with Gasteiger partial charge < -0.3 is 4.90 Å². The molecule has 1 aromatic carbocycles. The molecular formula is C17H22N2OS. The van der Waals surface area contributed by atoms with Gasteiger partial charge in [0.25, 0.3) is 0 Å². The number of nitrogens with zero attached hydrogens (tertiary/aromatic N) is 2. The molecule has 0 atom stereocenters. The van der Waals surface area contributed by atoms with Crippen LogP contribution in [0, 0.1) is 6.92 Å². The third kappa shape index (κ3) is 3.56. The topological polar surface area (TPSA) is 33.2 Å². The fraction of sp³-hybridized carbons (Fsp3) is 0.412. The first kappa shape index (κ1) is 15.8. The van der Waals surface area contributed by atoms with Crippen molar-refractivity contribution in [1.29, 1.82) is 0 Å². The van der Waals surface area contributed by atoms with E-state index in [1.54, 1.807) is 30.8 Å². The lowest BCUT2D eigenvalue weighted by molar-refractivity contribution is -0.128. The Hall–Kier alpha value is -1.55. The molecule has 4 heteroatoms. The van der Waals surface area contributed by atoms with E-state index < -0.39 is 0 Å². The van der Waals surface area contributed by atoms with Gasteiger partial charge in [0.2, 0.25) is 5.91 Å². The van der Waals surface area contributed by atoms with Gasteiger partial charge in [-0.05, 0) is 25.0 Å². The Labute approximate surface area is 130 Å². The average molecular weight is 302 g/mol. The van der Waals surface area contributed by atoms with Crippen LogP contribution in [-0.2, 0) is 11.2 Å². The number of para-hydroxylation sites is 1. The molecule has 0 N–H and O–H groups in total. The third-order valence-electron chi connectivity index (χ3n) is 3.56. The standard InChI is InChI=1S/C17H22N2OS/c1-5-13-12(2)18-15-9-7-6-8-14(15)17(13)21-11-10-16(20)19(3)4/h6-9H,5,10-11H2,1-4H3. The number of carbonyl (C=O) groups excluding carboxylic acids is 1. The van der Waals surface area contributed by atoms with Crippen LogP contribution in [0.25, 0.3) is 10.9 Å². The van der Waals surface area contributed by atoms with Crippen molar-refractivity contribution in [2.24, 2.45) is 0 Å². The van der Waals surface area contributed by atoms with Crippen LogP contribution < -0.4 is 0 Å². The lowest BCUT2D eigenvalue weighted by Crippen LogP contribution is -2.21. The van der Waals surface area contributed by atoms with Crippen molar-refractivity contribution in [2.75, 3.05) is 19.8 Å². The minimum Gasteiger partial charge on any atom is -0.349 e. The van der Waals surface area contributed by atoms with Crippen LogP contribution in [0.1, 0.15) is 24.6 Å². The molecule has 21 heavy (non-hydrogen) atoms. The van der Waals surface area contributed by atoms with Crippen molar-refractivity contribution >= 4 is 28.6 Å². The lowest BCUT2D eigenvalue weighted by atomic mass is 10.1. The summed E-state index contributed by atoms with van der Waals surface area (Å²) in [5.74, 6) is 0.980. The van der Waals surface area contributed by atoms with Crippen LogP contribution in [0.2, 0.25) is 0 Å². The average Bonchev–Trinajstić information content (AvgIpc) is 2.46. The maximum Gasteiger partial charge on any atom is 0.222 e. The number of benzene rings is 1. The number of hydrogen-bond acceptors (Lipinski definition) is 3. The summed E-state index contributed by atoms with van der Waals surface area (Å²) in [5.41, 5.74) is 3.43. The van der Waals surface area contributed by atoms with Crippen LogP contribution >= 0.6 is 11.8 Å². The van der Waals surface area contributed by atoms with Gasteiger partial charge in [-0.2, -0.15) is 0 Å². The summed E-state index contributed by atoms with van der Waals surface area (Å²) in [4.78, 5) is 19.3. The molecule has 0 fully saturated rings. The molecular weight excluding hydrogens is 280 g/mol. The van der Waals surface area contributed by atoms with Gasteiger partial charge in [-0.15, -0.1) is 11.8 Å². The Morgan fingerprint density at radius 2 is 2.00 bits per heavy atom. The summed E-state index contributed by atoms with van der Waals surface area (Å²) in [6.07, 6.45) is 1.53. The first-order valence-corrected chi connectivity index (χ1v) is 8.24. The van der Waals surface area contributed by atoms with Crippen molar-refractivity contribution in [3.05, 3.63) is 35.5 Å². The fourth-order valence-electron chi connectivity index (χ4n) is 2.38. The van der Waals surface area contributed by atoms with Crippen molar-refractivity contribution in [3.8, 4) is 0 Å². The molecule has 0 bridgehead atoms. The smallest absolute Gasteiger partial charge is 0.222 e. The largest absolute Gasteiger partial charge is 0.349 e. The molecule has 0 radical (unpaired) electrons. The zero-order valence-electron chi connectivity index (χ0n) is 13.1. The summed E-state index contributed by atoms with van der Waals surface area (Å²) in [5, 5.41) is 1.20. The molecule has 1 heterocycles. The molecule has 0 aliphatic rings. The molecule has 0 unspecified atom stereocenters. The van der Waals surface area contributed by atoms with E-state index in [0.717, 1.165) is 23.4 Å². The van der Waals surface area contributed by atoms with E-state index >= 15 is 0 Å². The zero-order chi connectivity index (χ0) is 15.4. The molecule has 0 saturated carbocycles. The SMILES string of the molecule is CCc1c(C)nc2ccccc2c1SCCC(=O)N(C)C. The van der Waals surface area contributed by atoms with E-state index in [4.69, 9.17) is 4.98 Å². The first-order valence-electron chi connectivity index (χ1n) is 7.25. The van der Waals surface area contributed by atoms with Gasteiger partial charge in [0.1, 0.15) is 0 Å². The van der Waals surface area contributed by atoms with E-state index in [0.29, 0.717) is 6.42 Å². The molecule has 112 valence electrons. The predicted molar refractivity (Wildman–Crippen MR) is 89.9 cm³/mol. The number of fused-ring (bicyclic) bond motifs is 1. The van der Waals surface area contributed by atoms with Gasteiger partial charge in [-0.3, -0.25) is 9.78 Å². The quantitative estimate of drug-likeness (QED) is 0.790. The van der Waals surface area contributed by atoms with Crippen LogP contribution in [0.3, 0.4) is 0 Å². The minimum absolute atomic E-state index is 0.177. The fourth-order valence-corrected chi connectivity index (χ4v) is 3.66. The summed E-state index contributed by atoms with van der Waals surface area (Å²) in [6, 6.07) is 8.24. The highest BCUT2D eigenvalue weighted by atomic mass is 32.2. The Bertz CT molecular complexity index is 653. The Morgan fingerprint density at radius 3 is 2.67 bits per heavy atom. The van der Waals surface area contributed by atoms with Gasteiger partial charge in [0.05, 0.1) is 5.52 Å². The second-order valence-corrected chi connectivity index (χ2v) is 6.37. The Balaban J connectivity index is 2.30. The Kier molecular flexibility index (Phi) is 5.23. The maximum absolute atomic E-state index is 11.7. The molecule has 0 aliphatic carbocycles. The highest BCUT2D eigenvalue weighted by molar-refractivity contribution is 7.99. The summed E-state index contributed by atoms with van der Waals surface area (Å²) >= 11 is 1.77. The van der Waals surface area contributed by atoms with Crippen molar-refractivity contribution in [3.63, 3.8) is 0 Å². The van der Waals surface area contributed by atoms with Crippen LogP contribution in [0.15, 0.2) is 29.2 Å². The number of pyridine rings is 1. The molecule has 0 spiro atoms. The van der Waals surface area contributed by atoms with E-state index in [1.807, 2.05) is 12.1 Å². The molecule has 1 aromatic heterocycles. The lowest BCUT2D eigenvalue weighted by Gasteiger charge is -2.14. The van der Waals surface area contributed by atoms with Gasteiger partial charge in [0, 0.05) is 42.2 Å². The van der Waals surface area contributed by atoms with E-state index in [1.165, 1.54) is 15.8 Å². The highest BCUT2D eigenvalue weighted by Gasteiger charge is 2.12. The molecule has 2 aromatic rings. The van der Waals surface area contributed by atoms with Gasteiger partial charge in [0.15, 0.2) is 0 Å². The van der Waals surface area contributed by atoms with Gasteiger partial charge in [-0.25, -0.2) is 0 Å². The molecule has 3 nitrogen and oxygen atoms in total. The zero-order valence-corrected chi connectivity index (χ0v) is 14.0. The summed E-state index contributed by atoms with van der Waals surface area (Å²) in [6.45, 7) is 4.23. The number of rotatable bonds is 5. The number of thioether (sulfide) groups is 1. The van der Waals surface area contributed by atoms with Crippen molar-refractivity contribution in [1.82, 2.24) is 9.88 Å². The molecule has 2 rings (SSSR count). The van der Waals surface area contributed by atoms with E-state index in [2.05, 4.69) is 26.0 Å². The van der Waals surface area contributed by atoms with Crippen LogP contribution in [-0.4, -0.2) is 35.6 Å². The van der Waals surface area contributed by atoms with E-state index in [9.17, 15) is 4.79 Å². The first-order chi connectivity index (χ1) is 10.0. The van der Waals surface area contributed by atoms with Crippen LogP contribution in [0.5, 0.6) is 0 Å². The number of amides is 1. The number of aromatic nitrogens is 1. The molecule has 0 aliphatic heterocycles. The van der Waals surface area contributed by atoms with Gasteiger partial charge >= 0.3 is 0 Å². The molecule has 0 saturated heterocycles. The van der Waals surface area contributed by atoms with E-state index in [-0.39, 0.29) is 5.91 Å². The normalized spacial score (nSPS) is 10.9. The number of carbonyl (C=O) groups is 1. The molecule has 1 amide bonds. The third-order valence-corrected chi connectivity index (χ3v) is 4.73. The monoisotopic (exact) mass is 302 g/mol. The highest BCUT2D eigenvalue weighted by Crippen LogP contribution is 2.33. The second-order valence-electron chi connectivity index (χ2n) is 5.26.